The van der Waals surface area contributed by atoms with Crippen LogP contribution in [0.1, 0.15) is 23.2 Å². The summed E-state index contributed by atoms with van der Waals surface area (Å²) in [5.74, 6) is -0.652. The lowest BCUT2D eigenvalue weighted by molar-refractivity contribution is -0.385. The number of sulfonamides is 1. The molecule has 1 saturated heterocycles. The number of nitro benzene ring substituents is 1. The van der Waals surface area contributed by atoms with Crippen molar-refractivity contribution in [1.29, 1.82) is 0 Å². The van der Waals surface area contributed by atoms with Crippen molar-refractivity contribution in [1.82, 2.24) is 9.29 Å². The van der Waals surface area contributed by atoms with E-state index < -0.39 is 20.9 Å². The molecule has 29 heavy (non-hydrogen) atoms. The Morgan fingerprint density at radius 3 is 2.62 bits per heavy atom. The van der Waals surface area contributed by atoms with Crippen molar-refractivity contribution in [3.8, 4) is 0 Å². The first-order valence-electron chi connectivity index (χ1n) is 8.82. The minimum Gasteiger partial charge on any atom is -0.298 e. The summed E-state index contributed by atoms with van der Waals surface area (Å²) in [7, 11) is -3.55. The van der Waals surface area contributed by atoms with Crippen molar-refractivity contribution >= 4 is 48.3 Å². The molecule has 1 aromatic heterocycles. The molecule has 3 aromatic rings. The van der Waals surface area contributed by atoms with Gasteiger partial charge in [-0.2, -0.15) is 4.31 Å². The van der Waals surface area contributed by atoms with Gasteiger partial charge >= 0.3 is 0 Å². The molecule has 1 fully saturated rings. The third kappa shape index (κ3) is 3.71. The number of anilines is 1. The van der Waals surface area contributed by atoms with E-state index in [1.807, 2.05) is 0 Å². The van der Waals surface area contributed by atoms with Crippen LogP contribution in [0.15, 0.2) is 47.4 Å². The average molecular weight is 432 g/mol. The second-order valence-corrected chi connectivity index (χ2v) is 9.46. The molecule has 4 rings (SSSR count). The molecule has 1 N–H and O–H groups in total. The second-order valence-electron chi connectivity index (χ2n) is 6.49. The van der Waals surface area contributed by atoms with Gasteiger partial charge in [-0.05, 0) is 37.1 Å². The van der Waals surface area contributed by atoms with Crippen LogP contribution in [-0.4, -0.2) is 41.6 Å². The van der Waals surface area contributed by atoms with E-state index in [2.05, 4.69) is 10.3 Å². The minimum atomic E-state index is -3.55. The van der Waals surface area contributed by atoms with Crippen molar-refractivity contribution in [2.24, 2.45) is 0 Å². The monoisotopic (exact) mass is 432 g/mol. The molecule has 1 aliphatic rings. The Balaban J connectivity index is 1.62. The van der Waals surface area contributed by atoms with Gasteiger partial charge in [0.25, 0.3) is 11.6 Å². The van der Waals surface area contributed by atoms with E-state index in [9.17, 15) is 23.3 Å². The molecule has 2 aromatic carbocycles. The molecule has 9 nitrogen and oxygen atoms in total. The highest BCUT2D eigenvalue weighted by atomic mass is 32.2. The fourth-order valence-electron chi connectivity index (χ4n) is 3.19. The van der Waals surface area contributed by atoms with Gasteiger partial charge in [0.1, 0.15) is 5.56 Å². The van der Waals surface area contributed by atoms with Crippen LogP contribution >= 0.6 is 11.3 Å². The molecule has 0 atom stereocenters. The molecular weight excluding hydrogens is 416 g/mol. The molecule has 0 spiro atoms. The highest BCUT2D eigenvalue weighted by Gasteiger charge is 2.27. The number of nitrogens with zero attached hydrogens (tertiary/aromatic N) is 3. The van der Waals surface area contributed by atoms with Crippen LogP contribution in [-0.2, 0) is 10.0 Å². The summed E-state index contributed by atoms with van der Waals surface area (Å²) < 4.78 is 27.5. The van der Waals surface area contributed by atoms with Gasteiger partial charge in [0.05, 0.1) is 20.0 Å². The van der Waals surface area contributed by atoms with Crippen LogP contribution in [0.4, 0.5) is 10.8 Å². The van der Waals surface area contributed by atoms with Gasteiger partial charge in [0, 0.05) is 19.2 Å². The van der Waals surface area contributed by atoms with Crippen LogP contribution in [0, 0.1) is 10.1 Å². The predicted molar refractivity (Wildman–Crippen MR) is 109 cm³/mol. The Labute approximate surface area is 170 Å². The van der Waals surface area contributed by atoms with E-state index in [1.54, 1.807) is 12.1 Å². The molecule has 2 heterocycles. The number of para-hydroxylation sites is 1. The van der Waals surface area contributed by atoms with E-state index in [0.29, 0.717) is 23.3 Å². The predicted octanol–water partition coefficient (Wildman–Crippen LogP) is 3.24. The first-order valence-corrected chi connectivity index (χ1v) is 11.1. The van der Waals surface area contributed by atoms with Gasteiger partial charge in [-0.1, -0.05) is 23.5 Å². The van der Waals surface area contributed by atoms with Crippen LogP contribution in [0.5, 0.6) is 0 Å². The highest BCUT2D eigenvalue weighted by Crippen LogP contribution is 2.30. The Morgan fingerprint density at radius 2 is 1.90 bits per heavy atom. The summed E-state index contributed by atoms with van der Waals surface area (Å²) in [6, 6.07) is 10.3. The Hall–Kier alpha value is -2.89. The van der Waals surface area contributed by atoms with Gasteiger partial charge in [0.15, 0.2) is 5.13 Å². The third-order valence-electron chi connectivity index (χ3n) is 4.63. The van der Waals surface area contributed by atoms with E-state index >= 15 is 0 Å². The lowest BCUT2D eigenvalue weighted by Crippen LogP contribution is -2.27. The van der Waals surface area contributed by atoms with Crippen molar-refractivity contribution in [3.63, 3.8) is 0 Å². The number of aromatic nitrogens is 1. The first kappa shape index (κ1) is 19.4. The zero-order valence-corrected chi connectivity index (χ0v) is 16.7. The molecule has 0 radical (unpaired) electrons. The van der Waals surface area contributed by atoms with E-state index in [-0.39, 0.29) is 21.3 Å². The van der Waals surface area contributed by atoms with Crippen LogP contribution in [0.3, 0.4) is 0 Å². The Kier molecular flexibility index (Phi) is 5.03. The smallest absolute Gasteiger partial charge is 0.282 e. The Bertz CT molecular complexity index is 1220. The van der Waals surface area contributed by atoms with Crippen LogP contribution in [0.2, 0.25) is 0 Å². The van der Waals surface area contributed by atoms with Gasteiger partial charge in [0.2, 0.25) is 10.0 Å². The number of hydrogen-bond donors (Lipinski definition) is 1. The lowest BCUT2D eigenvalue weighted by Gasteiger charge is -2.15. The normalized spacial score (nSPS) is 14.9. The molecule has 0 aliphatic carbocycles. The maximum Gasteiger partial charge on any atom is 0.282 e. The summed E-state index contributed by atoms with van der Waals surface area (Å²) in [6.07, 6.45) is 1.70. The van der Waals surface area contributed by atoms with Gasteiger partial charge in [-0.25, -0.2) is 13.4 Å². The molecule has 150 valence electrons. The zero-order chi connectivity index (χ0) is 20.6. The number of carbonyl (C=O) groups excluding carboxylic acids is 1. The molecule has 0 unspecified atom stereocenters. The number of rotatable bonds is 5. The number of thiazole rings is 1. The van der Waals surface area contributed by atoms with Gasteiger partial charge in [-0.3, -0.25) is 20.2 Å². The standard InChI is InChI=1S/C18H16N4O5S2/c23-17(13-5-1-2-6-15(13)22(24)25)20-18-19-14-8-7-12(11-16(14)28-18)29(26,27)21-9-3-4-10-21/h1-2,5-8,11H,3-4,9-10H2,(H,19,20,23). The number of hydrogen-bond acceptors (Lipinski definition) is 7. The number of carbonyl (C=O) groups is 1. The summed E-state index contributed by atoms with van der Waals surface area (Å²) in [5.41, 5.74) is 0.160. The van der Waals surface area contributed by atoms with Crippen LogP contribution < -0.4 is 5.32 Å². The minimum absolute atomic E-state index is 0.0749. The van der Waals surface area contributed by atoms with Crippen molar-refractivity contribution < 1.29 is 18.1 Å². The summed E-state index contributed by atoms with van der Waals surface area (Å²) in [4.78, 5) is 27.4. The van der Waals surface area contributed by atoms with Crippen LogP contribution in [0.25, 0.3) is 10.2 Å². The molecule has 0 saturated carbocycles. The average Bonchev–Trinajstić information content (AvgIpc) is 3.37. The molecule has 0 bridgehead atoms. The number of benzene rings is 2. The third-order valence-corrected chi connectivity index (χ3v) is 7.46. The van der Waals surface area contributed by atoms with Crippen molar-refractivity contribution in [2.45, 2.75) is 17.7 Å². The Morgan fingerprint density at radius 1 is 1.17 bits per heavy atom. The number of amides is 1. The zero-order valence-electron chi connectivity index (χ0n) is 15.1. The molecule has 1 amide bonds. The van der Waals surface area contributed by atoms with E-state index in [4.69, 9.17) is 0 Å². The fraction of sp³-hybridized carbons (Fsp3) is 0.222. The van der Waals surface area contributed by atoms with Crippen molar-refractivity contribution in [2.75, 3.05) is 18.4 Å². The van der Waals surface area contributed by atoms with Crippen molar-refractivity contribution in [3.05, 3.63) is 58.1 Å². The molecule has 11 heteroatoms. The second kappa shape index (κ2) is 7.50. The quantitative estimate of drug-likeness (QED) is 0.488. The summed E-state index contributed by atoms with van der Waals surface area (Å²) in [5, 5.41) is 13.9. The number of nitrogens with one attached hydrogen (secondary N) is 1. The first-order chi connectivity index (χ1) is 13.9. The van der Waals surface area contributed by atoms with E-state index in [1.165, 1.54) is 34.6 Å². The van der Waals surface area contributed by atoms with Gasteiger partial charge < -0.3 is 0 Å². The maximum absolute atomic E-state index is 12.7. The largest absolute Gasteiger partial charge is 0.298 e. The SMILES string of the molecule is O=C(Nc1nc2ccc(S(=O)(=O)N3CCCC3)cc2s1)c1ccccc1[N+](=O)[O-]. The molecular formula is C18H16N4O5S2. The molecule has 1 aliphatic heterocycles. The summed E-state index contributed by atoms with van der Waals surface area (Å²) >= 11 is 1.11. The number of nitro groups is 1. The summed E-state index contributed by atoms with van der Waals surface area (Å²) in [6.45, 7) is 1.03. The topological polar surface area (TPSA) is 123 Å². The lowest BCUT2D eigenvalue weighted by atomic mass is 10.1. The maximum atomic E-state index is 12.7. The van der Waals surface area contributed by atoms with Gasteiger partial charge in [-0.15, -0.1) is 0 Å². The number of fused-ring (bicyclic) bond motifs is 1. The highest BCUT2D eigenvalue weighted by molar-refractivity contribution is 7.89. The fourth-order valence-corrected chi connectivity index (χ4v) is 5.70. The van der Waals surface area contributed by atoms with E-state index in [0.717, 1.165) is 24.2 Å².